The molecule has 6 heteroatoms. The highest BCUT2D eigenvalue weighted by Crippen LogP contribution is 2.16. The van der Waals surface area contributed by atoms with Gasteiger partial charge in [-0.1, -0.05) is 24.9 Å². The molecule has 1 atom stereocenters. The third-order valence-corrected chi connectivity index (χ3v) is 4.46. The number of hydrogen-bond acceptors (Lipinski definition) is 3. The van der Waals surface area contributed by atoms with Gasteiger partial charge in [-0.3, -0.25) is 9.59 Å². The second-order valence-corrected chi connectivity index (χ2v) is 6.70. The summed E-state index contributed by atoms with van der Waals surface area (Å²) in [6, 6.07) is 6.86. The Morgan fingerprint density at radius 2 is 1.65 bits per heavy atom. The molecular formula is C17H24ClN3O2. The molecule has 1 aromatic rings. The van der Waals surface area contributed by atoms with Gasteiger partial charge >= 0.3 is 0 Å². The molecule has 0 spiro atoms. The van der Waals surface area contributed by atoms with E-state index in [9.17, 15) is 9.59 Å². The van der Waals surface area contributed by atoms with E-state index in [0.29, 0.717) is 43.2 Å². The maximum atomic E-state index is 12.5. The fraction of sp³-hybridized carbons (Fsp3) is 0.529. The van der Waals surface area contributed by atoms with E-state index in [4.69, 9.17) is 17.3 Å². The van der Waals surface area contributed by atoms with Crippen molar-refractivity contribution in [3.05, 3.63) is 34.9 Å². The van der Waals surface area contributed by atoms with E-state index >= 15 is 0 Å². The topological polar surface area (TPSA) is 66.6 Å². The lowest BCUT2D eigenvalue weighted by atomic mass is 9.95. The van der Waals surface area contributed by atoms with Crippen LogP contribution in [0.5, 0.6) is 0 Å². The van der Waals surface area contributed by atoms with Gasteiger partial charge in [0, 0.05) is 36.8 Å². The molecule has 1 aliphatic heterocycles. The van der Waals surface area contributed by atoms with Gasteiger partial charge in [0.25, 0.3) is 5.91 Å². The van der Waals surface area contributed by atoms with E-state index in [-0.39, 0.29) is 11.8 Å². The van der Waals surface area contributed by atoms with Crippen LogP contribution in [-0.2, 0) is 4.79 Å². The Balaban J connectivity index is 1.94. The number of hydrogen-bond donors (Lipinski definition) is 1. The molecular weight excluding hydrogens is 314 g/mol. The first-order chi connectivity index (χ1) is 10.8. The van der Waals surface area contributed by atoms with Crippen molar-refractivity contribution >= 4 is 23.4 Å². The van der Waals surface area contributed by atoms with Crippen molar-refractivity contribution in [3.63, 3.8) is 0 Å². The minimum absolute atomic E-state index is 0.0297. The monoisotopic (exact) mass is 337 g/mol. The van der Waals surface area contributed by atoms with E-state index in [0.717, 1.165) is 6.42 Å². The summed E-state index contributed by atoms with van der Waals surface area (Å²) in [6.07, 6.45) is 1.53. The fourth-order valence-electron chi connectivity index (χ4n) is 2.88. The van der Waals surface area contributed by atoms with Gasteiger partial charge in [0.2, 0.25) is 5.91 Å². The molecule has 126 valence electrons. The number of amides is 2. The molecule has 1 aromatic carbocycles. The van der Waals surface area contributed by atoms with E-state index in [1.807, 2.05) is 6.92 Å². The van der Waals surface area contributed by atoms with Crippen LogP contribution < -0.4 is 5.73 Å². The number of carbonyl (C=O) groups excluding carboxylic acids is 2. The molecule has 0 aliphatic carbocycles. The molecule has 1 heterocycles. The number of nitrogens with two attached hydrogens (primary N) is 1. The van der Waals surface area contributed by atoms with Gasteiger partial charge in [0.15, 0.2) is 0 Å². The number of benzene rings is 1. The summed E-state index contributed by atoms with van der Waals surface area (Å²) in [6.45, 7) is 5.89. The van der Waals surface area contributed by atoms with Gasteiger partial charge in [0.1, 0.15) is 0 Å². The Kier molecular flexibility index (Phi) is 5.65. The van der Waals surface area contributed by atoms with Crippen molar-refractivity contribution < 1.29 is 9.59 Å². The largest absolute Gasteiger partial charge is 0.338 e. The predicted octanol–water partition coefficient (Wildman–Crippen LogP) is 2.14. The Morgan fingerprint density at radius 1 is 1.13 bits per heavy atom. The molecule has 0 saturated carbocycles. The smallest absolute Gasteiger partial charge is 0.253 e. The maximum Gasteiger partial charge on any atom is 0.253 e. The zero-order valence-corrected chi connectivity index (χ0v) is 14.5. The number of nitrogens with zero attached hydrogens (tertiary/aromatic N) is 2. The van der Waals surface area contributed by atoms with E-state index in [2.05, 4.69) is 0 Å². The summed E-state index contributed by atoms with van der Waals surface area (Å²) < 4.78 is 0. The second kappa shape index (κ2) is 7.32. The molecule has 5 nitrogen and oxygen atoms in total. The van der Waals surface area contributed by atoms with Crippen LogP contribution in [0.3, 0.4) is 0 Å². The molecule has 2 N–H and O–H groups in total. The normalized spacial score (nSPS) is 17.7. The molecule has 1 unspecified atom stereocenters. The highest BCUT2D eigenvalue weighted by molar-refractivity contribution is 6.30. The van der Waals surface area contributed by atoms with Crippen LogP contribution in [0.25, 0.3) is 0 Å². The maximum absolute atomic E-state index is 12.5. The summed E-state index contributed by atoms with van der Waals surface area (Å²) in [4.78, 5) is 28.4. The van der Waals surface area contributed by atoms with Gasteiger partial charge in [-0.25, -0.2) is 0 Å². The molecule has 2 rings (SSSR count). The van der Waals surface area contributed by atoms with E-state index < -0.39 is 5.54 Å². The Morgan fingerprint density at radius 3 is 2.17 bits per heavy atom. The minimum atomic E-state index is -0.822. The van der Waals surface area contributed by atoms with Crippen molar-refractivity contribution in [2.75, 3.05) is 26.2 Å². The van der Waals surface area contributed by atoms with E-state index in [1.54, 1.807) is 41.0 Å². The average Bonchev–Trinajstić information content (AvgIpc) is 2.54. The van der Waals surface area contributed by atoms with Crippen LogP contribution in [-0.4, -0.2) is 53.3 Å². The van der Waals surface area contributed by atoms with Crippen molar-refractivity contribution in [3.8, 4) is 0 Å². The molecule has 0 aromatic heterocycles. The third kappa shape index (κ3) is 4.24. The summed E-state index contributed by atoms with van der Waals surface area (Å²) in [7, 11) is 0. The lowest BCUT2D eigenvalue weighted by molar-refractivity contribution is -0.138. The summed E-state index contributed by atoms with van der Waals surface area (Å²) >= 11 is 5.84. The summed E-state index contributed by atoms with van der Waals surface area (Å²) in [5, 5.41) is 0.607. The molecule has 23 heavy (non-hydrogen) atoms. The minimum Gasteiger partial charge on any atom is -0.338 e. The molecule has 0 bridgehead atoms. The summed E-state index contributed by atoms with van der Waals surface area (Å²) in [5.74, 6) is -0.0595. The zero-order valence-electron chi connectivity index (χ0n) is 13.7. The fourth-order valence-corrected chi connectivity index (χ4v) is 3.00. The van der Waals surface area contributed by atoms with Crippen LogP contribution in [0.4, 0.5) is 0 Å². The molecule has 1 fully saturated rings. The van der Waals surface area contributed by atoms with Crippen LogP contribution in [0.2, 0.25) is 5.02 Å². The van der Waals surface area contributed by atoms with E-state index in [1.165, 1.54) is 0 Å². The van der Waals surface area contributed by atoms with Gasteiger partial charge in [-0.2, -0.15) is 0 Å². The summed E-state index contributed by atoms with van der Waals surface area (Å²) in [5.41, 5.74) is 5.91. The lowest BCUT2D eigenvalue weighted by Gasteiger charge is -2.38. The van der Waals surface area contributed by atoms with Crippen molar-refractivity contribution in [2.45, 2.75) is 32.2 Å². The number of rotatable bonds is 4. The highest BCUT2D eigenvalue weighted by Gasteiger charge is 2.34. The number of piperazine rings is 1. The Bertz CT molecular complexity index is 564. The number of halogens is 1. The first-order valence-electron chi connectivity index (χ1n) is 7.98. The predicted molar refractivity (Wildman–Crippen MR) is 91.4 cm³/mol. The second-order valence-electron chi connectivity index (χ2n) is 6.26. The molecule has 1 aliphatic rings. The van der Waals surface area contributed by atoms with Gasteiger partial charge in [-0.05, 0) is 37.6 Å². The highest BCUT2D eigenvalue weighted by atomic mass is 35.5. The van der Waals surface area contributed by atoms with Gasteiger partial charge in [-0.15, -0.1) is 0 Å². The molecule has 0 radical (unpaired) electrons. The lowest BCUT2D eigenvalue weighted by Crippen LogP contribution is -2.58. The quantitative estimate of drug-likeness (QED) is 0.915. The Labute approximate surface area is 142 Å². The number of carbonyl (C=O) groups is 2. The third-order valence-electron chi connectivity index (χ3n) is 4.20. The standard InChI is InChI=1S/C17H24ClN3O2/c1-3-8-17(2,19)16(23)21-11-9-20(10-12-21)15(22)13-4-6-14(18)7-5-13/h4-7H,3,8-12,19H2,1-2H3. The molecule has 1 saturated heterocycles. The first-order valence-corrected chi connectivity index (χ1v) is 8.36. The van der Waals surface area contributed by atoms with Gasteiger partial charge < -0.3 is 15.5 Å². The van der Waals surface area contributed by atoms with Crippen molar-refractivity contribution in [1.82, 2.24) is 9.80 Å². The average molecular weight is 338 g/mol. The first kappa shape index (κ1) is 17.8. The van der Waals surface area contributed by atoms with Crippen LogP contribution in [0.1, 0.15) is 37.0 Å². The van der Waals surface area contributed by atoms with Crippen LogP contribution >= 0.6 is 11.6 Å². The van der Waals surface area contributed by atoms with Crippen molar-refractivity contribution in [2.24, 2.45) is 5.73 Å². The van der Waals surface area contributed by atoms with Crippen molar-refractivity contribution in [1.29, 1.82) is 0 Å². The van der Waals surface area contributed by atoms with Crippen LogP contribution in [0, 0.1) is 0 Å². The Hall–Kier alpha value is -1.59. The van der Waals surface area contributed by atoms with Crippen LogP contribution in [0.15, 0.2) is 24.3 Å². The molecule has 2 amide bonds. The van der Waals surface area contributed by atoms with Gasteiger partial charge in [0.05, 0.1) is 5.54 Å². The SMILES string of the molecule is CCCC(C)(N)C(=O)N1CCN(C(=O)c2ccc(Cl)cc2)CC1. The zero-order chi connectivity index (χ0) is 17.0.